The number of fused-ring (bicyclic) bond motifs is 2. The van der Waals surface area contributed by atoms with Crippen LogP contribution in [0.5, 0.6) is 5.75 Å². The maximum Gasteiger partial charge on any atom is 0.313 e. The second-order valence-corrected chi connectivity index (χ2v) is 5.72. The number of allylic oxidation sites excluding steroid dienone is 2. The lowest BCUT2D eigenvalue weighted by atomic mass is 9.94. The summed E-state index contributed by atoms with van der Waals surface area (Å²) in [5.41, 5.74) is 0.237. The number of carbonyl (C=O) groups is 2. The van der Waals surface area contributed by atoms with Crippen LogP contribution in [0.3, 0.4) is 0 Å². The lowest BCUT2D eigenvalue weighted by molar-refractivity contribution is -0.136. The highest BCUT2D eigenvalue weighted by atomic mass is 16.3. The molecule has 3 atom stereocenters. The minimum absolute atomic E-state index is 0.0584. The molecule has 1 saturated carbocycles. The Bertz CT molecular complexity index is 597. The van der Waals surface area contributed by atoms with E-state index >= 15 is 0 Å². The summed E-state index contributed by atoms with van der Waals surface area (Å²) >= 11 is 0. The van der Waals surface area contributed by atoms with Crippen molar-refractivity contribution in [1.29, 1.82) is 0 Å². The van der Waals surface area contributed by atoms with E-state index in [1.165, 1.54) is 12.5 Å². The number of hydrogen-bond donors (Lipinski definition) is 3. The van der Waals surface area contributed by atoms with Gasteiger partial charge in [-0.25, -0.2) is 0 Å². The van der Waals surface area contributed by atoms with Gasteiger partial charge in [0, 0.05) is 6.54 Å². The standard InChI is InChI=1S/C16H18N2O3/c19-14-4-2-1-3-13(14)18-16(21)15(20)17-9-12-8-10-5-6-11(12)7-10/h1-6,10-12,19H,7-9H2,(H,17,20)(H,18,21)/t10-,11+,12+/m1/s1. The van der Waals surface area contributed by atoms with Crippen LogP contribution < -0.4 is 10.6 Å². The van der Waals surface area contributed by atoms with E-state index in [2.05, 4.69) is 22.8 Å². The first kappa shape index (κ1) is 13.7. The van der Waals surface area contributed by atoms with Gasteiger partial charge in [0.05, 0.1) is 5.69 Å². The van der Waals surface area contributed by atoms with Crippen LogP contribution in [0.1, 0.15) is 12.8 Å². The summed E-state index contributed by atoms with van der Waals surface area (Å²) in [7, 11) is 0. The fraction of sp³-hybridized carbons (Fsp3) is 0.375. The summed E-state index contributed by atoms with van der Waals surface area (Å²) in [6.07, 6.45) is 6.72. The summed E-state index contributed by atoms with van der Waals surface area (Å²) < 4.78 is 0. The fourth-order valence-corrected chi connectivity index (χ4v) is 3.19. The van der Waals surface area contributed by atoms with Crippen molar-refractivity contribution in [3.8, 4) is 5.75 Å². The number of para-hydroxylation sites is 2. The number of anilines is 1. The van der Waals surface area contributed by atoms with E-state index in [1.807, 2.05) is 0 Å². The molecule has 0 saturated heterocycles. The number of nitrogens with one attached hydrogen (secondary N) is 2. The molecule has 1 fully saturated rings. The van der Waals surface area contributed by atoms with Gasteiger partial charge in [0.2, 0.25) is 0 Å². The smallest absolute Gasteiger partial charge is 0.313 e. The summed E-state index contributed by atoms with van der Waals surface area (Å²) in [4.78, 5) is 23.6. The first-order valence-corrected chi connectivity index (χ1v) is 7.19. The Morgan fingerprint density at radius 2 is 1.95 bits per heavy atom. The Morgan fingerprint density at radius 3 is 2.62 bits per heavy atom. The van der Waals surface area contributed by atoms with E-state index in [4.69, 9.17) is 0 Å². The van der Waals surface area contributed by atoms with Crippen LogP contribution in [0.25, 0.3) is 0 Å². The molecule has 1 aromatic rings. The molecule has 0 unspecified atom stereocenters. The Morgan fingerprint density at radius 1 is 1.14 bits per heavy atom. The zero-order valence-corrected chi connectivity index (χ0v) is 11.6. The van der Waals surface area contributed by atoms with Crippen molar-refractivity contribution in [2.75, 3.05) is 11.9 Å². The number of phenols is 1. The van der Waals surface area contributed by atoms with E-state index in [0.29, 0.717) is 24.3 Å². The Labute approximate surface area is 123 Å². The first-order chi connectivity index (χ1) is 10.1. The molecule has 2 bridgehead atoms. The normalized spacial score (nSPS) is 25.8. The predicted octanol–water partition coefficient (Wildman–Crippen LogP) is 1.66. The third-order valence-electron chi connectivity index (χ3n) is 4.30. The highest BCUT2D eigenvalue weighted by Crippen LogP contribution is 2.42. The van der Waals surface area contributed by atoms with Gasteiger partial charge in [-0.1, -0.05) is 24.3 Å². The van der Waals surface area contributed by atoms with Crippen LogP contribution in [0.15, 0.2) is 36.4 Å². The van der Waals surface area contributed by atoms with Crippen molar-refractivity contribution in [2.45, 2.75) is 12.8 Å². The Hall–Kier alpha value is -2.30. The second-order valence-electron chi connectivity index (χ2n) is 5.72. The van der Waals surface area contributed by atoms with Crippen molar-refractivity contribution in [3.05, 3.63) is 36.4 Å². The summed E-state index contributed by atoms with van der Waals surface area (Å²) in [5, 5.41) is 14.6. The zero-order chi connectivity index (χ0) is 14.8. The van der Waals surface area contributed by atoms with E-state index in [1.54, 1.807) is 18.2 Å². The quantitative estimate of drug-likeness (QED) is 0.449. The van der Waals surface area contributed by atoms with Crippen molar-refractivity contribution >= 4 is 17.5 Å². The van der Waals surface area contributed by atoms with Crippen LogP contribution in [0.2, 0.25) is 0 Å². The topological polar surface area (TPSA) is 78.4 Å². The molecular weight excluding hydrogens is 268 g/mol. The maximum atomic E-state index is 11.8. The molecule has 0 aromatic heterocycles. The predicted molar refractivity (Wildman–Crippen MR) is 78.6 cm³/mol. The van der Waals surface area contributed by atoms with Gasteiger partial charge >= 0.3 is 11.8 Å². The van der Waals surface area contributed by atoms with Crippen LogP contribution >= 0.6 is 0 Å². The summed E-state index contributed by atoms with van der Waals surface area (Å²) in [5.74, 6) is 0.141. The number of carbonyl (C=O) groups excluding carboxylic acids is 2. The molecule has 0 radical (unpaired) electrons. The van der Waals surface area contributed by atoms with Crippen LogP contribution in [0, 0.1) is 17.8 Å². The van der Waals surface area contributed by atoms with Gasteiger partial charge in [0.1, 0.15) is 5.75 Å². The largest absolute Gasteiger partial charge is 0.506 e. The molecule has 5 nitrogen and oxygen atoms in total. The van der Waals surface area contributed by atoms with E-state index in [0.717, 1.165) is 6.42 Å². The molecular formula is C16H18N2O3. The third-order valence-corrected chi connectivity index (χ3v) is 4.30. The molecule has 5 heteroatoms. The molecule has 21 heavy (non-hydrogen) atoms. The van der Waals surface area contributed by atoms with E-state index in [9.17, 15) is 14.7 Å². The molecule has 0 heterocycles. The van der Waals surface area contributed by atoms with Crippen molar-refractivity contribution in [1.82, 2.24) is 5.32 Å². The van der Waals surface area contributed by atoms with Crippen molar-refractivity contribution < 1.29 is 14.7 Å². The van der Waals surface area contributed by atoms with Crippen LogP contribution in [0.4, 0.5) is 5.69 Å². The highest BCUT2D eigenvalue weighted by Gasteiger charge is 2.35. The van der Waals surface area contributed by atoms with Crippen molar-refractivity contribution in [2.24, 2.45) is 17.8 Å². The molecule has 110 valence electrons. The maximum absolute atomic E-state index is 11.8. The monoisotopic (exact) mass is 286 g/mol. The molecule has 1 aromatic carbocycles. The fourth-order valence-electron chi connectivity index (χ4n) is 3.19. The van der Waals surface area contributed by atoms with E-state index in [-0.39, 0.29) is 11.4 Å². The van der Waals surface area contributed by atoms with Gasteiger partial charge in [-0.3, -0.25) is 9.59 Å². The third kappa shape index (κ3) is 2.91. The molecule has 0 aliphatic heterocycles. The molecule has 2 aliphatic carbocycles. The number of rotatable bonds is 3. The Balaban J connectivity index is 1.50. The molecule has 0 spiro atoms. The molecule has 3 rings (SSSR count). The lowest BCUT2D eigenvalue weighted by Crippen LogP contribution is -2.38. The van der Waals surface area contributed by atoms with Crippen LogP contribution in [-0.4, -0.2) is 23.5 Å². The number of hydrogen-bond acceptors (Lipinski definition) is 3. The summed E-state index contributed by atoms with van der Waals surface area (Å²) in [6.45, 7) is 0.526. The van der Waals surface area contributed by atoms with Gasteiger partial charge in [-0.15, -0.1) is 0 Å². The number of amides is 2. The van der Waals surface area contributed by atoms with Crippen LogP contribution in [-0.2, 0) is 9.59 Å². The summed E-state index contributed by atoms with van der Waals surface area (Å²) in [6, 6.07) is 6.32. The minimum Gasteiger partial charge on any atom is -0.506 e. The van der Waals surface area contributed by atoms with Gasteiger partial charge in [0.15, 0.2) is 0 Å². The van der Waals surface area contributed by atoms with E-state index < -0.39 is 11.8 Å². The number of benzene rings is 1. The van der Waals surface area contributed by atoms with Gasteiger partial charge in [-0.05, 0) is 42.7 Å². The lowest BCUT2D eigenvalue weighted by Gasteiger charge is -2.18. The molecule has 2 aliphatic rings. The zero-order valence-electron chi connectivity index (χ0n) is 11.6. The average Bonchev–Trinajstić information content (AvgIpc) is 3.09. The number of aromatic hydroxyl groups is 1. The molecule has 3 N–H and O–H groups in total. The SMILES string of the molecule is O=C(NC[C@@H]1C[C@@H]2C=C[C@H]1C2)C(=O)Nc1ccccc1O. The number of phenolic OH excluding ortho intramolecular Hbond substituents is 1. The van der Waals surface area contributed by atoms with Gasteiger partial charge in [-0.2, -0.15) is 0 Å². The highest BCUT2D eigenvalue weighted by molar-refractivity contribution is 6.39. The Kier molecular flexibility index (Phi) is 3.64. The average molecular weight is 286 g/mol. The van der Waals surface area contributed by atoms with Gasteiger partial charge < -0.3 is 15.7 Å². The molecule has 2 amide bonds. The minimum atomic E-state index is -0.754. The first-order valence-electron chi connectivity index (χ1n) is 7.19. The second kappa shape index (κ2) is 5.60. The van der Waals surface area contributed by atoms with Gasteiger partial charge in [0.25, 0.3) is 0 Å². The van der Waals surface area contributed by atoms with Crippen molar-refractivity contribution in [3.63, 3.8) is 0 Å².